The molecule has 3 rings (SSSR count). The van der Waals surface area contributed by atoms with Crippen LogP contribution in [0.4, 0.5) is 0 Å². The van der Waals surface area contributed by atoms with Gasteiger partial charge < -0.3 is 14.5 Å². The molecular weight excluding hydrogens is 428 g/mol. The first-order chi connectivity index (χ1) is 15.3. The summed E-state index contributed by atoms with van der Waals surface area (Å²) in [5.41, 5.74) is 3.46. The summed E-state index contributed by atoms with van der Waals surface area (Å²) in [5.74, 6) is 0.537. The lowest BCUT2D eigenvalue weighted by Crippen LogP contribution is -2.31. The van der Waals surface area contributed by atoms with Crippen LogP contribution in [0, 0.1) is 13.8 Å². The zero-order valence-corrected chi connectivity index (χ0v) is 19.1. The van der Waals surface area contributed by atoms with Crippen molar-refractivity contribution in [1.82, 2.24) is 10.0 Å². The lowest BCUT2D eigenvalue weighted by molar-refractivity contribution is -0.121. The molecule has 1 aromatic heterocycles. The van der Waals surface area contributed by atoms with Crippen molar-refractivity contribution in [1.29, 1.82) is 0 Å². The number of rotatable bonds is 11. The molecule has 0 bridgehead atoms. The van der Waals surface area contributed by atoms with Crippen LogP contribution in [0.2, 0.25) is 0 Å². The van der Waals surface area contributed by atoms with Crippen LogP contribution >= 0.6 is 0 Å². The van der Waals surface area contributed by atoms with Crippen LogP contribution in [0.1, 0.15) is 34.4 Å². The minimum Gasteiger partial charge on any atom is -0.467 e. The van der Waals surface area contributed by atoms with Gasteiger partial charge >= 0.3 is 0 Å². The first-order valence-electron chi connectivity index (χ1n) is 10.3. The van der Waals surface area contributed by atoms with Gasteiger partial charge in [0.05, 0.1) is 17.8 Å². The van der Waals surface area contributed by atoms with Crippen molar-refractivity contribution >= 4 is 15.9 Å². The number of furan rings is 1. The molecule has 7 nitrogen and oxygen atoms in total. The highest BCUT2D eigenvalue weighted by molar-refractivity contribution is 7.89. The van der Waals surface area contributed by atoms with Crippen molar-refractivity contribution in [3.63, 3.8) is 0 Å². The van der Waals surface area contributed by atoms with E-state index in [9.17, 15) is 13.2 Å². The van der Waals surface area contributed by atoms with Gasteiger partial charge in [-0.05, 0) is 54.3 Å². The molecule has 0 saturated heterocycles. The highest BCUT2D eigenvalue weighted by atomic mass is 32.2. The van der Waals surface area contributed by atoms with E-state index in [1.54, 1.807) is 25.3 Å². The highest BCUT2D eigenvalue weighted by Gasteiger charge is 2.17. The number of benzene rings is 2. The lowest BCUT2D eigenvalue weighted by atomic mass is 10.1. The van der Waals surface area contributed by atoms with E-state index in [1.807, 2.05) is 49.4 Å². The number of aryl methyl sites for hydroxylation is 2. The van der Waals surface area contributed by atoms with E-state index in [0.717, 1.165) is 22.5 Å². The summed E-state index contributed by atoms with van der Waals surface area (Å²) in [6.07, 6.45) is 1.66. The van der Waals surface area contributed by atoms with Crippen LogP contribution < -0.4 is 10.0 Å². The fourth-order valence-corrected chi connectivity index (χ4v) is 4.52. The first kappa shape index (κ1) is 23.7. The van der Waals surface area contributed by atoms with Crippen molar-refractivity contribution in [3.8, 4) is 0 Å². The van der Waals surface area contributed by atoms with E-state index < -0.39 is 10.0 Å². The SMILES string of the molecule is Cc1ccc(C)c(S(=O)(=O)NCCC(=O)NCc2cccc(COCc3ccco3)c2)c1. The van der Waals surface area contributed by atoms with Gasteiger partial charge in [0.25, 0.3) is 0 Å². The Bertz CT molecular complexity index is 1140. The maximum absolute atomic E-state index is 12.5. The first-order valence-corrected chi connectivity index (χ1v) is 11.8. The maximum atomic E-state index is 12.5. The van der Waals surface area contributed by atoms with Gasteiger partial charge in [-0.15, -0.1) is 0 Å². The van der Waals surface area contributed by atoms with Crippen molar-refractivity contribution < 1.29 is 22.4 Å². The number of ether oxygens (including phenoxy) is 1. The standard InChI is InChI=1S/C24H28N2O5S/c1-18-8-9-19(2)23(13-18)32(28,29)26-11-10-24(27)25-15-20-5-3-6-21(14-20)16-30-17-22-7-4-12-31-22/h3-9,12-14,26H,10-11,15-17H2,1-2H3,(H,25,27). The third-order valence-corrected chi connectivity index (χ3v) is 6.45. The van der Waals surface area contributed by atoms with E-state index >= 15 is 0 Å². The molecule has 170 valence electrons. The van der Waals surface area contributed by atoms with Crippen molar-refractivity contribution in [3.05, 3.63) is 88.9 Å². The predicted octanol–water partition coefficient (Wildman–Crippen LogP) is 3.60. The summed E-state index contributed by atoms with van der Waals surface area (Å²) in [6, 6.07) is 16.7. The second-order valence-corrected chi connectivity index (χ2v) is 9.32. The summed E-state index contributed by atoms with van der Waals surface area (Å²) >= 11 is 0. The minimum absolute atomic E-state index is 0.0300. The largest absolute Gasteiger partial charge is 0.467 e. The smallest absolute Gasteiger partial charge is 0.240 e. The third-order valence-electron chi connectivity index (χ3n) is 4.85. The Balaban J connectivity index is 1.42. The summed E-state index contributed by atoms with van der Waals surface area (Å²) in [5, 5.41) is 2.82. The third kappa shape index (κ3) is 7.05. The van der Waals surface area contributed by atoms with Crippen LogP contribution in [0.3, 0.4) is 0 Å². The molecule has 0 atom stereocenters. The van der Waals surface area contributed by atoms with Gasteiger partial charge in [0, 0.05) is 19.5 Å². The normalized spacial score (nSPS) is 11.4. The van der Waals surface area contributed by atoms with Crippen LogP contribution in [-0.2, 0) is 39.3 Å². The van der Waals surface area contributed by atoms with E-state index in [0.29, 0.717) is 25.3 Å². The fourth-order valence-electron chi connectivity index (χ4n) is 3.16. The molecule has 1 amide bonds. The topological polar surface area (TPSA) is 97.6 Å². The Morgan fingerprint density at radius 3 is 2.59 bits per heavy atom. The molecule has 32 heavy (non-hydrogen) atoms. The number of carbonyl (C=O) groups excluding carboxylic acids is 1. The summed E-state index contributed by atoms with van der Waals surface area (Å²) < 4.78 is 38.4. The molecule has 0 unspecified atom stereocenters. The summed E-state index contributed by atoms with van der Waals surface area (Å²) in [7, 11) is -3.66. The number of carbonyl (C=O) groups is 1. The summed E-state index contributed by atoms with van der Waals surface area (Å²) in [4.78, 5) is 12.4. The second-order valence-electron chi connectivity index (χ2n) is 7.59. The second kappa shape index (κ2) is 11.1. The molecule has 1 heterocycles. The number of hydrogen-bond acceptors (Lipinski definition) is 5. The van der Waals surface area contributed by atoms with Gasteiger partial charge in [0.15, 0.2) is 0 Å². The summed E-state index contributed by atoms with van der Waals surface area (Å²) in [6.45, 7) is 4.80. The van der Waals surface area contributed by atoms with Gasteiger partial charge in [-0.1, -0.05) is 36.4 Å². The average molecular weight is 457 g/mol. The monoisotopic (exact) mass is 456 g/mol. The van der Waals surface area contributed by atoms with Crippen molar-refractivity contribution in [2.45, 2.75) is 44.9 Å². The van der Waals surface area contributed by atoms with Crippen LogP contribution in [-0.4, -0.2) is 20.9 Å². The Kier molecular flexibility index (Phi) is 8.21. The molecule has 0 saturated carbocycles. The van der Waals surface area contributed by atoms with E-state index in [2.05, 4.69) is 10.0 Å². The van der Waals surface area contributed by atoms with E-state index in [-0.39, 0.29) is 23.8 Å². The quantitative estimate of drug-likeness (QED) is 0.459. The van der Waals surface area contributed by atoms with Crippen molar-refractivity contribution in [2.75, 3.05) is 6.54 Å². The van der Waals surface area contributed by atoms with Crippen LogP contribution in [0.5, 0.6) is 0 Å². The number of sulfonamides is 1. The molecule has 2 aromatic carbocycles. The molecule has 0 aliphatic heterocycles. The van der Waals surface area contributed by atoms with E-state index in [4.69, 9.17) is 9.15 Å². The van der Waals surface area contributed by atoms with Gasteiger partial charge in [-0.25, -0.2) is 13.1 Å². The Labute approximate surface area is 188 Å². The van der Waals surface area contributed by atoms with Crippen LogP contribution in [0.15, 0.2) is 70.2 Å². The Hall–Kier alpha value is -2.94. The Morgan fingerprint density at radius 2 is 1.81 bits per heavy atom. The molecule has 0 aliphatic carbocycles. The number of hydrogen-bond donors (Lipinski definition) is 2. The average Bonchev–Trinajstić information content (AvgIpc) is 3.28. The lowest BCUT2D eigenvalue weighted by Gasteiger charge is -2.11. The number of amides is 1. The zero-order chi connectivity index (χ0) is 23.0. The number of nitrogens with one attached hydrogen (secondary N) is 2. The van der Waals surface area contributed by atoms with Gasteiger partial charge in [-0.2, -0.15) is 0 Å². The fraction of sp³-hybridized carbons (Fsp3) is 0.292. The minimum atomic E-state index is -3.66. The molecular formula is C24H28N2O5S. The maximum Gasteiger partial charge on any atom is 0.240 e. The van der Waals surface area contributed by atoms with Crippen LogP contribution in [0.25, 0.3) is 0 Å². The van der Waals surface area contributed by atoms with Gasteiger partial charge in [0.2, 0.25) is 15.9 Å². The van der Waals surface area contributed by atoms with Gasteiger partial charge in [0.1, 0.15) is 12.4 Å². The van der Waals surface area contributed by atoms with E-state index in [1.165, 1.54) is 0 Å². The molecule has 2 N–H and O–H groups in total. The highest BCUT2D eigenvalue weighted by Crippen LogP contribution is 2.16. The Morgan fingerprint density at radius 1 is 1.00 bits per heavy atom. The zero-order valence-electron chi connectivity index (χ0n) is 18.3. The molecule has 8 heteroatoms. The van der Waals surface area contributed by atoms with Crippen molar-refractivity contribution in [2.24, 2.45) is 0 Å². The molecule has 0 spiro atoms. The predicted molar refractivity (Wildman–Crippen MR) is 121 cm³/mol. The molecule has 0 aliphatic rings. The molecule has 0 radical (unpaired) electrons. The molecule has 0 fully saturated rings. The molecule has 3 aromatic rings. The van der Waals surface area contributed by atoms with Gasteiger partial charge in [-0.3, -0.25) is 4.79 Å².